The predicted molar refractivity (Wildman–Crippen MR) is 139 cm³/mol. The highest BCUT2D eigenvalue weighted by Gasteiger charge is 2.23. The number of carbonyl (C=O) groups is 2. The highest BCUT2D eigenvalue weighted by atomic mass is 79.9. The SMILES string of the molecule is O=C(Nc1ccc(Br)cc1)N[C@@H](Cc1ccccc1)C(=O)Nc1nnc(-c2ccc(Cl)cc2)s1. The first kappa shape index (κ1) is 23.9. The maximum Gasteiger partial charge on any atom is 0.319 e. The third-order valence-electron chi connectivity index (χ3n) is 4.75. The molecule has 0 saturated carbocycles. The summed E-state index contributed by atoms with van der Waals surface area (Å²) in [6.07, 6.45) is 0.309. The molecule has 0 aliphatic heterocycles. The zero-order chi connectivity index (χ0) is 23.9. The van der Waals surface area contributed by atoms with Gasteiger partial charge in [0.05, 0.1) is 0 Å². The van der Waals surface area contributed by atoms with Gasteiger partial charge >= 0.3 is 6.03 Å². The van der Waals surface area contributed by atoms with Crippen LogP contribution in [0, 0.1) is 0 Å². The fraction of sp³-hybridized carbons (Fsp3) is 0.0833. The van der Waals surface area contributed by atoms with Crippen LogP contribution in [-0.4, -0.2) is 28.2 Å². The largest absolute Gasteiger partial charge is 0.326 e. The average molecular weight is 557 g/mol. The normalized spacial score (nSPS) is 11.5. The first-order valence-corrected chi connectivity index (χ1v) is 12.2. The van der Waals surface area contributed by atoms with E-state index in [-0.39, 0.29) is 0 Å². The van der Waals surface area contributed by atoms with E-state index in [9.17, 15) is 9.59 Å². The lowest BCUT2D eigenvalue weighted by atomic mass is 10.1. The lowest BCUT2D eigenvalue weighted by Crippen LogP contribution is -2.46. The smallest absolute Gasteiger partial charge is 0.319 e. The van der Waals surface area contributed by atoms with Gasteiger partial charge in [-0.25, -0.2) is 4.79 Å². The fourth-order valence-electron chi connectivity index (χ4n) is 3.09. The van der Waals surface area contributed by atoms with Gasteiger partial charge < -0.3 is 10.6 Å². The Kier molecular flexibility index (Phi) is 7.89. The second-order valence-electron chi connectivity index (χ2n) is 7.26. The summed E-state index contributed by atoms with van der Waals surface area (Å²) in [7, 11) is 0. The van der Waals surface area contributed by atoms with Gasteiger partial charge in [0.2, 0.25) is 11.0 Å². The van der Waals surface area contributed by atoms with Crippen molar-refractivity contribution in [3.8, 4) is 10.6 Å². The molecular weight excluding hydrogens is 538 g/mol. The number of amides is 3. The second-order valence-corrected chi connectivity index (χ2v) is 9.59. The van der Waals surface area contributed by atoms with E-state index >= 15 is 0 Å². The Morgan fingerprint density at radius 1 is 0.912 bits per heavy atom. The Morgan fingerprint density at radius 2 is 1.62 bits per heavy atom. The van der Waals surface area contributed by atoms with Crippen LogP contribution in [0.3, 0.4) is 0 Å². The monoisotopic (exact) mass is 555 g/mol. The van der Waals surface area contributed by atoms with E-state index in [1.54, 1.807) is 24.3 Å². The summed E-state index contributed by atoms with van der Waals surface area (Å²) in [4.78, 5) is 25.7. The lowest BCUT2D eigenvalue weighted by Gasteiger charge is -2.18. The third kappa shape index (κ3) is 6.63. The van der Waals surface area contributed by atoms with Crippen LogP contribution < -0.4 is 16.0 Å². The van der Waals surface area contributed by atoms with Crippen molar-refractivity contribution in [1.29, 1.82) is 0 Å². The molecular formula is C24H19BrClN5O2S. The maximum atomic E-state index is 13.1. The van der Waals surface area contributed by atoms with Gasteiger partial charge in [-0.15, -0.1) is 10.2 Å². The van der Waals surface area contributed by atoms with Crippen LogP contribution in [0.5, 0.6) is 0 Å². The van der Waals surface area contributed by atoms with E-state index in [4.69, 9.17) is 11.6 Å². The van der Waals surface area contributed by atoms with Crippen LogP contribution in [0.25, 0.3) is 10.6 Å². The Bertz CT molecular complexity index is 1270. The molecule has 3 amide bonds. The molecule has 0 unspecified atom stereocenters. The van der Waals surface area contributed by atoms with Crippen molar-refractivity contribution in [2.45, 2.75) is 12.5 Å². The second kappa shape index (κ2) is 11.2. The summed E-state index contributed by atoms with van der Waals surface area (Å²) < 4.78 is 0.898. The van der Waals surface area contributed by atoms with Crippen molar-refractivity contribution in [3.63, 3.8) is 0 Å². The molecule has 1 heterocycles. The molecule has 0 aliphatic carbocycles. The van der Waals surface area contributed by atoms with Crippen molar-refractivity contribution in [2.75, 3.05) is 10.6 Å². The topological polar surface area (TPSA) is 96.0 Å². The minimum Gasteiger partial charge on any atom is -0.326 e. The maximum absolute atomic E-state index is 13.1. The average Bonchev–Trinajstić information content (AvgIpc) is 3.29. The molecule has 3 N–H and O–H groups in total. The summed E-state index contributed by atoms with van der Waals surface area (Å²) in [5, 5.41) is 18.1. The highest BCUT2D eigenvalue weighted by molar-refractivity contribution is 9.10. The molecule has 4 aromatic rings. The number of benzene rings is 3. The standard InChI is InChI=1S/C24H19BrClN5O2S/c25-17-8-12-19(13-9-17)27-23(33)28-20(14-15-4-2-1-3-5-15)21(32)29-24-31-30-22(34-24)16-6-10-18(26)11-7-16/h1-13,20H,14H2,(H2,27,28,33)(H,29,31,32)/t20-/m0/s1. The summed E-state index contributed by atoms with van der Waals surface area (Å²) in [6, 6.07) is 22.5. The molecule has 1 aromatic heterocycles. The highest BCUT2D eigenvalue weighted by Crippen LogP contribution is 2.27. The number of anilines is 2. The van der Waals surface area contributed by atoms with E-state index < -0.39 is 18.0 Å². The lowest BCUT2D eigenvalue weighted by molar-refractivity contribution is -0.117. The number of rotatable bonds is 7. The molecule has 1 atom stereocenters. The predicted octanol–water partition coefficient (Wildman–Crippen LogP) is 5.99. The van der Waals surface area contributed by atoms with Crippen LogP contribution in [0.2, 0.25) is 5.02 Å². The molecule has 10 heteroatoms. The number of urea groups is 1. The van der Waals surface area contributed by atoms with E-state index in [0.717, 1.165) is 15.6 Å². The fourth-order valence-corrected chi connectivity index (χ4v) is 4.24. The van der Waals surface area contributed by atoms with Crippen molar-refractivity contribution < 1.29 is 9.59 Å². The molecule has 0 saturated heterocycles. The Balaban J connectivity index is 1.46. The molecule has 0 spiro atoms. The molecule has 0 aliphatic rings. The van der Waals surface area contributed by atoms with E-state index in [2.05, 4.69) is 42.1 Å². The minimum absolute atomic E-state index is 0.309. The van der Waals surface area contributed by atoms with Crippen molar-refractivity contribution >= 4 is 61.6 Å². The van der Waals surface area contributed by atoms with E-state index in [1.807, 2.05) is 54.6 Å². The van der Waals surface area contributed by atoms with Crippen molar-refractivity contribution in [2.24, 2.45) is 0 Å². The van der Waals surface area contributed by atoms with Crippen molar-refractivity contribution in [3.05, 3.63) is 93.9 Å². The number of hydrogen-bond donors (Lipinski definition) is 3. The van der Waals surface area contributed by atoms with E-state index in [1.165, 1.54) is 11.3 Å². The number of hydrogen-bond acceptors (Lipinski definition) is 5. The van der Waals surface area contributed by atoms with Crippen LogP contribution in [0.4, 0.5) is 15.6 Å². The van der Waals surface area contributed by atoms with Gasteiger partial charge in [0.15, 0.2) is 0 Å². The number of aromatic nitrogens is 2. The molecule has 4 rings (SSSR count). The first-order valence-electron chi connectivity index (χ1n) is 10.2. The number of carbonyl (C=O) groups excluding carboxylic acids is 2. The number of nitrogens with zero attached hydrogens (tertiary/aromatic N) is 2. The molecule has 0 fully saturated rings. The van der Waals surface area contributed by atoms with E-state index in [0.29, 0.717) is 27.3 Å². The molecule has 7 nitrogen and oxygen atoms in total. The molecule has 0 radical (unpaired) electrons. The Morgan fingerprint density at radius 3 is 2.32 bits per heavy atom. The van der Waals surface area contributed by atoms with Crippen LogP contribution in [-0.2, 0) is 11.2 Å². The van der Waals surface area contributed by atoms with Crippen LogP contribution in [0.1, 0.15) is 5.56 Å². The van der Waals surface area contributed by atoms with Gasteiger partial charge in [0, 0.05) is 27.2 Å². The summed E-state index contributed by atoms with van der Waals surface area (Å²) >= 11 is 10.5. The molecule has 34 heavy (non-hydrogen) atoms. The van der Waals surface area contributed by atoms with Gasteiger partial charge in [0.1, 0.15) is 11.0 Å². The first-order chi connectivity index (χ1) is 16.5. The van der Waals surface area contributed by atoms with Gasteiger partial charge in [-0.3, -0.25) is 10.1 Å². The molecule has 172 valence electrons. The van der Waals surface area contributed by atoms with Crippen LogP contribution in [0.15, 0.2) is 83.3 Å². The quantitative estimate of drug-likeness (QED) is 0.260. The van der Waals surface area contributed by atoms with Crippen LogP contribution >= 0.6 is 38.9 Å². The molecule has 0 bridgehead atoms. The molecule has 3 aromatic carbocycles. The zero-order valence-corrected chi connectivity index (χ0v) is 20.8. The number of nitrogens with one attached hydrogen (secondary N) is 3. The van der Waals surface area contributed by atoms with Gasteiger partial charge in [0.25, 0.3) is 0 Å². The summed E-state index contributed by atoms with van der Waals surface area (Å²) in [5.41, 5.74) is 2.36. The Labute approximate surface area is 213 Å². The van der Waals surface area contributed by atoms with Gasteiger partial charge in [-0.1, -0.05) is 81.3 Å². The number of halogens is 2. The zero-order valence-electron chi connectivity index (χ0n) is 17.7. The van der Waals surface area contributed by atoms with Gasteiger partial charge in [-0.2, -0.15) is 0 Å². The van der Waals surface area contributed by atoms with Crippen molar-refractivity contribution in [1.82, 2.24) is 15.5 Å². The third-order valence-corrected chi connectivity index (χ3v) is 6.42. The summed E-state index contributed by atoms with van der Waals surface area (Å²) in [6.45, 7) is 0. The van der Waals surface area contributed by atoms with Gasteiger partial charge in [-0.05, 0) is 42.0 Å². The minimum atomic E-state index is -0.833. The summed E-state index contributed by atoms with van der Waals surface area (Å²) in [5.74, 6) is -0.395. The Hall–Kier alpha value is -3.27.